The first-order chi connectivity index (χ1) is 14.0. The number of carbonyl (C=O) groups is 2. The molecule has 148 valence electrons. The number of hydrogen-bond donors (Lipinski definition) is 2. The highest BCUT2D eigenvalue weighted by molar-refractivity contribution is 6.35. The molecule has 0 aliphatic heterocycles. The van der Waals surface area contributed by atoms with Gasteiger partial charge in [0.15, 0.2) is 6.61 Å². The zero-order chi connectivity index (χ0) is 20.6. The number of nitrogens with one attached hydrogen (secondary N) is 2. The van der Waals surface area contributed by atoms with Crippen molar-refractivity contribution in [2.45, 2.75) is 6.04 Å². The smallest absolute Gasteiger partial charge is 0.258 e. The first kappa shape index (κ1) is 20.7. The van der Waals surface area contributed by atoms with Crippen LogP contribution >= 0.6 is 23.2 Å². The summed E-state index contributed by atoms with van der Waals surface area (Å²) in [6, 6.07) is 21.8. The molecule has 0 spiro atoms. The minimum atomic E-state index is -0.881. The molecule has 1 unspecified atom stereocenters. The molecule has 2 amide bonds. The predicted molar refractivity (Wildman–Crippen MR) is 114 cm³/mol. The molecule has 3 aromatic carbocycles. The van der Waals surface area contributed by atoms with E-state index in [0.717, 1.165) is 0 Å². The molecule has 5 nitrogen and oxygen atoms in total. The number of carbonyl (C=O) groups excluding carboxylic acids is 2. The lowest BCUT2D eigenvalue weighted by atomic mass is 10.1. The van der Waals surface area contributed by atoms with Crippen LogP contribution in [0.15, 0.2) is 78.9 Å². The van der Waals surface area contributed by atoms with Crippen molar-refractivity contribution in [2.24, 2.45) is 0 Å². The van der Waals surface area contributed by atoms with E-state index in [1.54, 1.807) is 48.5 Å². The van der Waals surface area contributed by atoms with Gasteiger partial charge in [-0.3, -0.25) is 9.59 Å². The fourth-order valence-corrected chi connectivity index (χ4v) is 3.08. The second-order valence-corrected chi connectivity index (χ2v) is 6.97. The summed E-state index contributed by atoms with van der Waals surface area (Å²) in [5.74, 6) is -0.496. The Morgan fingerprint density at radius 1 is 0.897 bits per heavy atom. The summed E-state index contributed by atoms with van der Waals surface area (Å²) in [5, 5.41) is 6.28. The van der Waals surface area contributed by atoms with Crippen LogP contribution in [0.1, 0.15) is 11.6 Å². The zero-order valence-corrected chi connectivity index (χ0v) is 16.8. The number of hydrogen-bond acceptors (Lipinski definition) is 3. The Bertz CT molecular complexity index is 982. The van der Waals surface area contributed by atoms with Crippen LogP contribution in [0.4, 0.5) is 5.69 Å². The number of para-hydroxylation sites is 1. The number of amides is 2. The van der Waals surface area contributed by atoms with Crippen LogP contribution in [0.2, 0.25) is 10.0 Å². The Morgan fingerprint density at radius 3 is 2.21 bits per heavy atom. The molecule has 3 rings (SSSR count). The second kappa shape index (κ2) is 9.96. The highest BCUT2D eigenvalue weighted by Gasteiger charge is 2.23. The highest BCUT2D eigenvalue weighted by atomic mass is 35.5. The molecule has 0 aliphatic rings. The molecular formula is C22H18Cl2N2O3. The first-order valence-corrected chi connectivity index (χ1v) is 9.56. The van der Waals surface area contributed by atoms with E-state index in [1.165, 1.54) is 6.07 Å². The molecular weight excluding hydrogens is 411 g/mol. The topological polar surface area (TPSA) is 67.4 Å². The first-order valence-electron chi connectivity index (χ1n) is 8.81. The normalized spacial score (nSPS) is 11.4. The van der Waals surface area contributed by atoms with Crippen molar-refractivity contribution >= 4 is 40.7 Å². The molecule has 0 saturated carbocycles. The van der Waals surface area contributed by atoms with Crippen LogP contribution in [0, 0.1) is 0 Å². The van der Waals surface area contributed by atoms with Crippen molar-refractivity contribution in [2.75, 3.05) is 11.9 Å². The zero-order valence-electron chi connectivity index (χ0n) is 15.3. The summed E-state index contributed by atoms with van der Waals surface area (Å²) in [4.78, 5) is 25.3. The molecule has 29 heavy (non-hydrogen) atoms. The van der Waals surface area contributed by atoms with Crippen LogP contribution < -0.4 is 15.4 Å². The minimum Gasteiger partial charge on any atom is -0.482 e. The van der Waals surface area contributed by atoms with Crippen LogP contribution in [-0.2, 0) is 9.59 Å². The number of halogens is 2. The van der Waals surface area contributed by atoms with E-state index < -0.39 is 11.9 Å². The van der Waals surface area contributed by atoms with E-state index in [4.69, 9.17) is 27.9 Å². The van der Waals surface area contributed by atoms with Crippen molar-refractivity contribution in [3.8, 4) is 5.75 Å². The van der Waals surface area contributed by atoms with E-state index in [-0.39, 0.29) is 12.5 Å². The van der Waals surface area contributed by atoms with E-state index in [0.29, 0.717) is 27.0 Å². The van der Waals surface area contributed by atoms with Gasteiger partial charge in [-0.2, -0.15) is 0 Å². The van der Waals surface area contributed by atoms with E-state index in [9.17, 15) is 9.59 Å². The average molecular weight is 429 g/mol. The van der Waals surface area contributed by atoms with Gasteiger partial charge in [-0.25, -0.2) is 0 Å². The Balaban J connectivity index is 1.69. The third-order valence-corrected chi connectivity index (χ3v) is 4.52. The molecule has 3 aromatic rings. The third kappa shape index (κ3) is 5.98. The molecule has 0 saturated heterocycles. The SMILES string of the molecule is O=C(COc1ccc(Cl)cc1Cl)NC(C(=O)Nc1ccccc1)c1ccccc1. The van der Waals surface area contributed by atoms with Crippen molar-refractivity contribution in [3.63, 3.8) is 0 Å². The molecule has 0 aliphatic carbocycles. The van der Waals surface area contributed by atoms with Crippen LogP contribution in [0.3, 0.4) is 0 Å². The molecule has 0 heterocycles. The van der Waals surface area contributed by atoms with Crippen molar-refractivity contribution in [1.29, 1.82) is 0 Å². The molecule has 1 atom stereocenters. The molecule has 0 fully saturated rings. The van der Waals surface area contributed by atoms with Gasteiger partial charge < -0.3 is 15.4 Å². The minimum absolute atomic E-state index is 0.298. The number of benzene rings is 3. The van der Waals surface area contributed by atoms with Crippen molar-refractivity contribution < 1.29 is 14.3 Å². The lowest BCUT2D eigenvalue weighted by Crippen LogP contribution is -2.39. The third-order valence-electron chi connectivity index (χ3n) is 3.99. The van der Waals surface area contributed by atoms with Crippen molar-refractivity contribution in [1.82, 2.24) is 5.32 Å². The van der Waals surface area contributed by atoms with E-state index in [1.807, 2.05) is 24.3 Å². The number of ether oxygens (including phenoxy) is 1. The monoisotopic (exact) mass is 428 g/mol. The van der Waals surface area contributed by atoms with E-state index in [2.05, 4.69) is 10.6 Å². The highest BCUT2D eigenvalue weighted by Crippen LogP contribution is 2.27. The molecule has 0 aromatic heterocycles. The van der Waals surface area contributed by atoms with Gasteiger partial charge in [-0.05, 0) is 35.9 Å². The largest absolute Gasteiger partial charge is 0.482 e. The fourth-order valence-electron chi connectivity index (χ4n) is 2.62. The van der Waals surface area contributed by atoms with Gasteiger partial charge in [0.25, 0.3) is 11.8 Å². The molecule has 7 heteroatoms. The molecule has 0 radical (unpaired) electrons. The second-order valence-electron chi connectivity index (χ2n) is 6.13. The quantitative estimate of drug-likeness (QED) is 0.563. The van der Waals surface area contributed by atoms with Gasteiger partial charge in [-0.1, -0.05) is 71.7 Å². The maximum atomic E-state index is 12.8. The van der Waals surface area contributed by atoms with Crippen molar-refractivity contribution in [3.05, 3.63) is 94.5 Å². The number of rotatable bonds is 7. The van der Waals surface area contributed by atoms with Gasteiger partial charge in [0.1, 0.15) is 11.8 Å². The summed E-state index contributed by atoms with van der Waals surface area (Å²) in [7, 11) is 0. The summed E-state index contributed by atoms with van der Waals surface area (Å²) in [6.07, 6.45) is 0. The maximum absolute atomic E-state index is 12.8. The number of anilines is 1. The standard InChI is InChI=1S/C22H18Cl2N2O3/c23-16-11-12-19(18(24)13-16)29-14-20(27)26-21(15-7-3-1-4-8-15)22(28)25-17-9-5-2-6-10-17/h1-13,21H,14H2,(H,25,28)(H,26,27). The lowest BCUT2D eigenvalue weighted by molar-refractivity contribution is -0.128. The van der Waals surface area contributed by atoms with Gasteiger partial charge in [0.05, 0.1) is 5.02 Å². The van der Waals surface area contributed by atoms with Crippen LogP contribution in [0.5, 0.6) is 5.75 Å². The Hall–Kier alpha value is -3.02. The summed E-state index contributed by atoms with van der Waals surface area (Å²) in [6.45, 7) is -0.302. The maximum Gasteiger partial charge on any atom is 0.258 e. The van der Waals surface area contributed by atoms with Gasteiger partial charge in [0, 0.05) is 10.7 Å². The summed E-state index contributed by atoms with van der Waals surface area (Å²) in [5.41, 5.74) is 1.29. The summed E-state index contributed by atoms with van der Waals surface area (Å²) >= 11 is 11.9. The Labute approximate surface area is 178 Å². The fraction of sp³-hybridized carbons (Fsp3) is 0.0909. The Kier molecular flexibility index (Phi) is 7.11. The Morgan fingerprint density at radius 2 is 1.55 bits per heavy atom. The molecule has 0 bridgehead atoms. The average Bonchev–Trinajstić information content (AvgIpc) is 2.72. The molecule has 2 N–H and O–H groups in total. The predicted octanol–water partition coefficient (Wildman–Crippen LogP) is 4.87. The summed E-state index contributed by atoms with van der Waals surface area (Å²) < 4.78 is 5.45. The van der Waals surface area contributed by atoms with Crippen LogP contribution in [0.25, 0.3) is 0 Å². The van der Waals surface area contributed by atoms with Gasteiger partial charge in [0.2, 0.25) is 0 Å². The van der Waals surface area contributed by atoms with E-state index >= 15 is 0 Å². The van der Waals surface area contributed by atoms with Gasteiger partial charge >= 0.3 is 0 Å². The van der Waals surface area contributed by atoms with Gasteiger partial charge in [-0.15, -0.1) is 0 Å². The lowest BCUT2D eigenvalue weighted by Gasteiger charge is -2.19. The van der Waals surface area contributed by atoms with Crippen LogP contribution in [-0.4, -0.2) is 18.4 Å².